The molecular weight excluding hydrogens is 406 g/mol. The van der Waals surface area contributed by atoms with Crippen LogP contribution in [0.2, 0.25) is 0 Å². The van der Waals surface area contributed by atoms with Gasteiger partial charge in [-0.3, -0.25) is 9.69 Å². The predicted octanol–water partition coefficient (Wildman–Crippen LogP) is 2.39. The van der Waals surface area contributed by atoms with Crippen LogP contribution in [-0.4, -0.2) is 65.9 Å². The minimum Gasteiger partial charge on any atom is -0.437 e. The third-order valence-corrected chi connectivity index (χ3v) is 5.71. The molecule has 1 fully saturated rings. The number of hydrogen-bond acceptors (Lipinski definition) is 8. The first-order valence-corrected chi connectivity index (χ1v) is 10.7. The van der Waals surface area contributed by atoms with Crippen LogP contribution in [0.5, 0.6) is 5.75 Å². The van der Waals surface area contributed by atoms with Crippen LogP contribution in [-0.2, 0) is 4.79 Å². The van der Waals surface area contributed by atoms with Crippen molar-refractivity contribution in [3.05, 3.63) is 48.1 Å². The first-order chi connectivity index (χ1) is 15.5. The van der Waals surface area contributed by atoms with Gasteiger partial charge in [-0.15, -0.1) is 0 Å². The van der Waals surface area contributed by atoms with Gasteiger partial charge in [0, 0.05) is 26.8 Å². The van der Waals surface area contributed by atoms with E-state index in [0.717, 1.165) is 38.2 Å². The zero-order valence-electron chi connectivity index (χ0n) is 18.3. The molecule has 2 aromatic rings. The van der Waals surface area contributed by atoms with Gasteiger partial charge in [0.15, 0.2) is 5.75 Å². The number of likely N-dealkylation sites (tertiary alicyclic amines) is 1. The summed E-state index contributed by atoms with van der Waals surface area (Å²) in [5.74, 6) is 2.16. The van der Waals surface area contributed by atoms with Crippen molar-refractivity contribution in [3.8, 4) is 11.8 Å². The lowest BCUT2D eigenvalue weighted by atomic mass is 9.97. The van der Waals surface area contributed by atoms with Crippen molar-refractivity contribution in [1.29, 1.82) is 5.26 Å². The molecule has 1 aromatic carbocycles. The summed E-state index contributed by atoms with van der Waals surface area (Å²) in [5.41, 5.74) is 1.64. The van der Waals surface area contributed by atoms with E-state index in [1.54, 1.807) is 31.3 Å². The number of nitriles is 1. The Hall–Kier alpha value is -3.64. The van der Waals surface area contributed by atoms with E-state index in [0.29, 0.717) is 41.3 Å². The van der Waals surface area contributed by atoms with Gasteiger partial charge in [-0.2, -0.15) is 5.26 Å². The molecule has 166 valence electrons. The summed E-state index contributed by atoms with van der Waals surface area (Å²) in [6, 6.07) is 11.4. The molecule has 32 heavy (non-hydrogen) atoms. The zero-order valence-corrected chi connectivity index (χ0v) is 18.3. The molecule has 0 unspecified atom stereocenters. The van der Waals surface area contributed by atoms with E-state index in [-0.39, 0.29) is 5.91 Å². The van der Waals surface area contributed by atoms with Gasteiger partial charge in [0.2, 0.25) is 17.7 Å². The third-order valence-electron chi connectivity index (χ3n) is 5.71. The number of ether oxygens (including phenoxy) is 1. The zero-order chi connectivity index (χ0) is 22.5. The van der Waals surface area contributed by atoms with Crippen molar-refractivity contribution in [2.45, 2.75) is 12.8 Å². The summed E-state index contributed by atoms with van der Waals surface area (Å²) in [7, 11) is 3.57. The van der Waals surface area contributed by atoms with E-state index in [1.165, 1.54) is 0 Å². The number of nitrogens with zero attached hydrogens (tertiary/aromatic N) is 5. The first-order valence-electron chi connectivity index (χ1n) is 10.7. The summed E-state index contributed by atoms with van der Waals surface area (Å²) in [6.07, 6.45) is 3.66. The molecular formula is C23H27N7O2. The van der Waals surface area contributed by atoms with Crippen LogP contribution >= 0.6 is 0 Å². The van der Waals surface area contributed by atoms with E-state index in [2.05, 4.69) is 31.6 Å². The molecule has 9 nitrogen and oxygen atoms in total. The van der Waals surface area contributed by atoms with E-state index >= 15 is 0 Å². The largest absolute Gasteiger partial charge is 0.437 e. The Morgan fingerprint density at radius 3 is 2.81 bits per heavy atom. The number of amides is 1. The van der Waals surface area contributed by atoms with E-state index < -0.39 is 0 Å². The van der Waals surface area contributed by atoms with Crippen molar-refractivity contribution in [2.75, 3.05) is 50.9 Å². The van der Waals surface area contributed by atoms with Crippen molar-refractivity contribution >= 4 is 23.1 Å². The lowest BCUT2D eigenvalue weighted by molar-refractivity contribution is -0.130. The van der Waals surface area contributed by atoms with Gasteiger partial charge in [0.05, 0.1) is 17.9 Å². The molecule has 2 N–H and O–H groups in total. The summed E-state index contributed by atoms with van der Waals surface area (Å²) >= 11 is 0. The Labute approximate surface area is 187 Å². The predicted molar refractivity (Wildman–Crippen MR) is 122 cm³/mol. The maximum atomic E-state index is 11.9. The number of anilines is 2. The molecule has 0 aliphatic carbocycles. The molecule has 1 saturated heterocycles. The highest BCUT2D eigenvalue weighted by molar-refractivity contribution is 5.81. The molecule has 0 radical (unpaired) electrons. The second kappa shape index (κ2) is 9.66. The molecule has 0 spiro atoms. The number of benzene rings is 1. The Morgan fingerprint density at radius 1 is 1.31 bits per heavy atom. The Kier molecular flexibility index (Phi) is 6.52. The summed E-state index contributed by atoms with van der Waals surface area (Å²) < 4.78 is 5.80. The van der Waals surface area contributed by atoms with Crippen LogP contribution in [0, 0.1) is 17.2 Å². The van der Waals surface area contributed by atoms with Crippen LogP contribution in [0.25, 0.3) is 5.57 Å². The highest BCUT2D eigenvalue weighted by atomic mass is 16.5. The molecule has 0 bridgehead atoms. The van der Waals surface area contributed by atoms with Gasteiger partial charge in [0.1, 0.15) is 11.6 Å². The first kappa shape index (κ1) is 21.6. The number of fused-ring (bicyclic) bond motifs is 1. The van der Waals surface area contributed by atoms with E-state index in [1.807, 2.05) is 24.3 Å². The van der Waals surface area contributed by atoms with Gasteiger partial charge < -0.3 is 20.3 Å². The van der Waals surface area contributed by atoms with Crippen molar-refractivity contribution in [3.63, 3.8) is 0 Å². The molecule has 2 aliphatic heterocycles. The second-order valence-corrected chi connectivity index (χ2v) is 8.19. The van der Waals surface area contributed by atoms with Crippen LogP contribution in [0.15, 0.2) is 42.4 Å². The fourth-order valence-electron chi connectivity index (χ4n) is 3.75. The van der Waals surface area contributed by atoms with E-state index in [9.17, 15) is 10.1 Å². The summed E-state index contributed by atoms with van der Waals surface area (Å²) in [5, 5.41) is 16.2. The number of likely N-dealkylation sites (N-methyl/N-ethyl adjacent to an activating group) is 1. The van der Waals surface area contributed by atoms with Crippen molar-refractivity contribution in [1.82, 2.24) is 19.8 Å². The molecule has 4 rings (SSSR count). The average molecular weight is 434 g/mol. The number of para-hydroxylation sites is 2. The highest BCUT2D eigenvalue weighted by Crippen LogP contribution is 2.35. The van der Waals surface area contributed by atoms with Crippen LogP contribution in [0.1, 0.15) is 18.5 Å². The molecule has 3 heterocycles. The van der Waals surface area contributed by atoms with Gasteiger partial charge in [0.25, 0.3) is 0 Å². The number of carbonyl (C=O) groups excluding carboxylic acids is 1. The standard InChI is InChI=1S/C23H27N7O2/c1-29(2)21(31)15-30-11-8-16(9-12-30)14-26-23-25-10-7-18(28-23)17(13-24)22-27-19-5-3-4-6-20(19)32-22/h3-7,10,16,27H,8-9,11-12,14-15H2,1-2H3,(H,25,26,28). The fourth-order valence-corrected chi connectivity index (χ4v) is 3.75. The molecule has 2 aliphatic rings. The van der Waals surface area contributed by atoms with Crippen LogP contribution in [0.4, 0.5) is 11.6 Å². The smallest absolute Gasteiger partial charge is 0.236 e. The van der Waals surface area contributed by atoms with Gasteiger partial charge >= 0.3 is 0 Å². The monoisotopic (exact) mass is 433 g/mol. The quantitative estimate of drug-likeness (QED) is 0.669. The normalized spacial score (nSPS) is 17.5. The van der Waals surface area contributed by atoms with E-state index in [4.69, 9.17) is 4.74 Å². The molecule has 1 aromatic heterocycles. The second-order valence-electron chi connectivity index (χ2n) is 8.19. The number of aromatic nitrogens is 2. The molecule has 9 heteroatoms. The molecule has 0 atom stereocenters. The van der Waals surface area contributed by atoms with Gasteiger partial charge in [-0.1, -0.05) is 12.1 Å². The lowest BCUT2D eigenvalue weighted by Crippen LogP contribution is -2.42. The Bertz CT molecular complexity index is 1030. The van der Waals surface area contributed by atoms with Gasteiger partial charge in [-0.25, -0.2) is 9.97 Å². The summed E-state index contributed by atoms with van der Waals surface area (Å²) in [4.78, 5) is 24.6. The number of nitrogens with one attached hydrogen (secondary N) is 2. The fraction of sp³-hybridized carbons (Fsp3) is 0.391. The number of allylic oxidation sites excluding steroid dienone is 1. The Morgan fingerprint density at radius 2 is 2.09 bits per heavy atom. The molecule has 1 amide bonds. The minimum atomic E-state index is 0.137. The van der Waals surface area contributed by atoms with Gasteiger partial charge in [-0.05, 0) is 50.0 Å². The van der Waals surface area contributed by atoms with Crippen molar-refractivity contribution in [2.24, 2.45) is 5.92 Å². The third kappa shape index (κ3) is 4.98. The minimum absolute atomic E-state index is 0.137. The number of hydrogen-bond donors (Lipinski definition) is 2. The lowest BCUT2D eigenvalue weighted by Gasteiger charge is -2.32. The SMILES string of the molecule is CN(C)C(=O)CN1CCC(CNc2nccc(C(C#N)=C3Nc4ccccc4O3)n2)CC1. The number of rotatable bonds is 6. The maximum Gasteiger partial charge on any atom is 0.236 e. The number of carbonyl (C=O) groups is 1. The van der Waals surface area contributed by atoms with Crippen LogP contribution < -0.4 is 15.4 Å². The average Bonchev–Trinajstić information content (AvgIpc) is 3.23. The maximum absolute atomic E-state index is 11.9. The topological polar surface area (TPSA) is 106 Å². The highest BCUT2D eigenvalue weighted by Gasteiger charge is 2.23. The Balaban J connectivity index is 1.35. The molecule has 0 saturated carbocycles. The van der Waals surface area contributed by atoms with Crippen LogP contribution in [0.3, 0.4) is 0 Å². The van der Waals surface area contributed by atoms with Crippen molar-refractivity contribution < 1.29 is 9.53 Å². The number of piperidine rings is 1. The summed E-state index contributed by atoms with van der Waals surface area (Å²) in [6.45, 7) is 3.03.